The summed E-state index contributed by atoms with van der Waals surface area (Å²) in [7, 11) is 0. The first kappa shape index (κ1) is 15.0. The molecule has 0 aromatic rings. The van der Waals surface area contributed by atoms with Gasteiger partial charge in [0.1, 0.15) is 6.04 Å². The molecule has 0 aliphatic carbocycles. The van der Waals surface area contributed by atoms with E-state index in [0.29, 0.717) is 31.5 Å². The molecule has 5 heteroatoms. The topological polar surface area (TPSA) is 61.4 Å². The summed E-state index contributed by atoms with van der Waals surface area (Å²) in [6.45, 7) is 10.1. The number of hydrogen-bond donors (Lipinski definition) is 2. The molecule has 104 valence electrons. The predicted octanol–water partition coefficient (Wildman–Crippen LogP) is 0.500. The maximum Gasteiger partial charge on any atom is 0.242 e. The van der Waals surface area contributed by atoms with Crippen molar-refractivity contribution in [3.05, 3.63) is 0 Å². The van der Waals surface area contributed by atoms with Crippen LogP contribution in [0.2, 0.25) is 0 Å². The van der Waals surface area contributed by atoms with Gasteiger partial charge in [0.15, 0.2) is 0 Å². The third-order valence-corrected chi connectivity index (χ3v) is 3.31. The van der Waals surface area contributed by atoms with Crippen molar-refractivity contribution in [1.29, 1.82) is 0 Å². The van der Waals surface area contributed by atoms with E-state index < -0.39 is 0 Å². The minimum absolute atomic E-state index is 0.0267. The van der Waals surface area contributed by atoms with Crippen molar-refractivity contribution < 1.29 is 9.59 Å². The van der Waals surface area contributed by atoms with E-state index in [1.54, 1.807) is 0 Å². The molecule has 1 fully saturated rings. The molecule has 2 N–H and O–H groups in total. The fourth-order valence-corrected chi connectivity index (χ4v) is 2.35. The Kier molecular flexibility index (Phi) is 5.59. The summed E-state index contributed by atoms with van der Waals surface area (Å²) in [6.07, 6.45) is 1.07. The van der Waals surface area contributed by atoms with Crippen LogP contribution in [0.25, 0.3) is 0 Å². The molecule has 0 saturated carbocycles. The Hall–Kier alpha value is -1.10. The molecular weight excluding hydrogens is 230 g/mol. The second kappa shape index (κ2) is 6.73. The van der Waals surface area contributed by atoms with E-state index in [2.05, 4.69) is 43.2 Å². The summed E-state index contributed by atoms with van der Waals surface area (Å²) >= 11 is 0. The van der Waals surface area contributed by atoms with Gasteiger partial charge in [0.25, 0.3) is 0 Å². The van der Waals surface area contributed by atoms with E-state index in [1.165, 1.54) is 0 Å². The molecule has 1 saturated heterocycles. The molecule has 0 spiro atoms. The highest BCUT2D eigenvalue weighted by Gasteiger charge is 2.26. The molecular formula is C13H25N3O2. The lowest BCUT2D eigenvalue weighted by atomic mass is 10.2. The van der Waals surface area contributed by atoms with E-state index in [-0.39, 0.29) is 17.9 Å². The van der Waals surface area contributed by atoms with Crippen LogP contribution in [0.15, 0.2) is 0 Å². The third-order valence-electron chi connectivity index (χ3n) is 3.31. The van der Waals surface area contributed by atoms with Crippen LogP contribution >= 0.6 is 0 Å². The molecule has 1 aliphatic heterocycles. The zero-order valence-electron chi connectivity index (χ0n) is 11.8. The van der Waals surface area contributed by atoms with Crippen LogP contribution in [-0.4, -0.2) is 47.9 Å². The van der Waals surface area contributed by atoms with E-state index in [0.717, 1.165) is 6.54 Å². The summed E-state index contributed by atoms with van der Waals surface area (Å²) in [4.78, 5) is 25.1. The highest BCUT2D eigenvalue weighted by atomic mass is 16.2. The average molecular weight is 255 g/mol. The molecule has 0 unspecified atom stereocenters. The third kappa shape index (κ3) is 4.29. The van der Waals surface area contributed by atoms with Crippen LogP contribution in [0.3, 0.4) is 0 Å². The van der Waals surface area contributed by atoms with Gasteiger partial charge in [-0.05, 0) is 34.1 Å². The first-order valence-corrected chi connectivity index (χ1v) is 6.74. The molecule has 2 amide bonds. The van der Waals surface area contributed by atoms with Gasteiger partial charge in [-0.15, -0.1) is 0 Å². The van der Waals surface area contributed by atoms with Crippen molar-refractivity contribution in [2.24, 2.45) is 0 Å². The van der Waals surface area contributed by atoms with Gasteiger partial charge in [-0.2, -0.15) is 0 Å². The lowest BCUT2D eigenvalue weighted by molar-refractivity contribution is -0.125. The molecule has 18 heavy (non-hydrogen) atoms. The van der Waals surface area contributed by atoms with Crippen molar-refractivity contribution in [2.45, 2.75) is 58.7 Å². The van der Waals surface area contributed by atoms with Gasteiger partial charge in [0.2, 0.25) is 11.8 Å². The van der Waals surface area contributed by atoms with Gasteiger partial charge >= 0.3 is 0 Å². The van der Waals surface area contributed by atoms with E-state index >= 15 is 0 Å². The Morgan fingerprint density at radius 1 is 1.39 bits per heavy atom. The number of carbonyl (C=O) groups is 2. The Morgan fingerprint density at radius 2 is 2.00 bits per heavy atom. The Balaban J connectivity index is 2.28. The minimum Gasteiger partial charge on any atom is -0.353 e. The first-order valence-electron chi connectivity index (χ1n) is 6.74. The van der Waals surface area contributed by atoms with Crippen LogP contribution in [-0.2, 0) is 9.59 Å². The molecule has 1 rings (SSSR count). The largest absolute Gasteiger partial charge is 0.353 e. The molecule has 0 aromatic carbocycles. The summed E-state index contributed by atoms with van der Waals surface area (Å²) in [5, 5.41) is 5.56. The Bertz CT molecular complexity index is 295. The zero-order chi connectivity index (χ0) is 13.7. The highest BCUT2D eigenvalue weighted by molar-refractivity contribution is 5.90. The van der Waals surface area contributed by atoms with Crippen molar-refractivity contribution in [3.63, 3.8) is 0 Å². The van der Waals surface area contributed by atoms with Gasteiger partial charge in [-0.25, -0.2) is 0 Å². The van der Waals surface area contributed by atoms with Crippen LogP contribution in [0.4, 0.5) is 0 Å². The second-order valence-electron chi connectivity index (χ2n) is 5.38. The summed E-state index contributed by atoms with van der Waals surface area (Å²) < 4.78 is 0. The fourth-order valence-electron chi connectivity index (χ4n) is 2.35. The van der Waals surface area contributed by atoms with Gasteiger partial charge in [-0.1, -0.05) is 0 Å². The van der Waals surface area contributed by atoms with E-state index in [1.807, 2.05) is 0 Å². The number of nitrogens with one attached hydrogen (secondary N) is 2. The molecule has 1 heterocycles. The summed E-state index contributed by atoms with van der Waals surface area (Å²) in [6, 6.07) is 0.602. The highest BCUT2D eigenvalue weighted by Crippen LogP contribution is 2.06. The number of rotatable bonds is 6. The fraction of sp³-hybridized carbons (Fsp3) is 0.846. The SMILES string of the molecule is CC(C)N(CCNC(=O)[C@@H]1CCC(=O)N1)C(C)C. The summed E-state index contributed by atoms with van der Waals surface area (Å²) in [5.41, 5.74) is 0. The standard InChI is InChI=1S/C13H25N3O2/c1-9(2)16(10(3)4)8-7-14-13(18)11-5-6-12(17)15-11/h9-11H,5-8H2,1-4H3,(H,14,18)(H,15,17)/t11-/m0/s1. The summed E-state index contributed by atoms with van der Waals surface area (Å²) in [5.74, 6) is -0.0885. The Morgan fingerprint density at radius 3 is 2.44 bits per heavy atom. The number of carbonyl (C=O) groups excluding carboxylic acids is 2. The van der Waals surface area contributed by atoms with Gasteiger partial charge in [-0.3, -0.25) is 14.5 Å². The molecule has 1 aliphatic rings. The number of nitrogens with zero attached hydrogens (tertiary/aromatic N) is 1. The van der Waals surface area contributed by atoms with E-state index in [9.17, 15) is 9.59 Å². The maximum atomic E-state index is 11.8. The van der Waals surface area contributed by atoms with E-state index in [4.69, 9.17) is 0 Å². The lowest BCUT2D eigenvalue weighted by Gasteiger charge is -2.30. The van der Waals surface area contributed by atoms with Crippen LogP contribution in [0.1, 0.15) is 40.5 Å². The van der Waals surface area contributed by atoms with Crippen molar-refractivity contribution in [1.82, 2.24) is 15.5 Å². The van der Waals surface area contributed by atoms with Gasteiger partial charge in [0, 0.05) is 31.6 Å². The van der Waals surface area contributed by atoms with Crippen LogP contribution in [0, 0.1) is 0 Å². The molecule has 1 atom stereocenters. The van der Waals surface area contributed by atoms with Crippen molar-refractivity contribution >= 4 is 11.8 Å². The molecule has 0 radical (unpaired) electrons. The normalized spacial score (nSPS) is 19.7. The smallest absolute Gasteiger partial charge is 0.242 e. The number of hydrogen-bond acceptors (Lipinski definition) is 3. The van der Waals surface area contributed by atoms with Gasteiger partial charge in [0.05, 0.1) is 0 Å². The lowest BCUT2D eigenvalue weighted by Crippen LogP contribution is -2.46. The minimum atomic E-state index is -0.330. The molecule has 0 aromatic heterocycles. The first-order chi connectivity index (χ1) is 8.41. The number of amides is 2. The quantitative estimate of drug-likeness (QED) is 0.726. The second-order valence-corrected chi connectivity index (χ2v) is 5.38. The van der Waals surface area contributed by atoms with Gasteiger partial charge < -0.3 is 10.6 Å². The van der Waals surface area contributed by atoms with Crippen LogP contribution in [0.5, 0.6) is 0 Å². The maximum absolute atomic E-state index is 11.8. The average Bonchev–Trinajstić information content (AvgIpc) is 2.69. The molecule has 0 bridgehead atoms. The predicted molar refractivity (Wildman–Crippen MR) is 71.2 cm³/mol. The Labute approximate surface area is 109 Å². The van der Waals surface area contributed by atoms with Crippen LogP contribution < -0.4 is 10.6 Å². The van der Waals surface area contributed by atoms with Crippen molar-refractivity contribution in [3.8, 4) is 0 Å². The monoisotopic (exact) mass is 255 g/mol. The zero-order valence-corrected chi connectivity index (χ0v) is 11.8. The molecule has 5 nitrogen and oxygen atoms in total. The van der Waals surface area contributed by atoms with Crippen molar-refractivity contribution in [2.75, 3.05) is 13.1 Å².